The minimum absolute atomic E-state index is 0.0982. The number of aliphatic hydroxyl groups excluding tert-OH is 1. The van der Waals surface area contributed by atoms with Gasteiger partial charge in [0.05, 0.1) is 20.2 Å². The average Bonchev–Trinajstić information content (AvgIpc) is 2.32. The second-order valence-electron chi connectivity index (χ2n) is 3.57. The van der Waals surface area contributed by atoms with Gasteiger partial charge in [0, 0.05) is 11.8 Å². The lowest BCUT2D eigenvalue weighted by Gasteiger charge is -2.13. The summed E-state index contributed by atoms with van der Waals surface area (Å²) < 4.78 is 14.1. The molecule has 0 saturated carbocycles. The van der Waals surface area contributed by atoms with E-state index >= 15 is 0 Å². The molecule has 1 aromatic carbocycles. The number of rotatable bonds is 2. The van der Waals surface area contributed by atoms with Crippen LogP contribution >= 0.6 is 39.1 Å². The summed E-state index contributed by atoms with van der Waals surface area (Å²) in [4.78, 5) is 3.93. The maximum Gasteiger partial charge on any atom is 0.143 e. The van der Waals surface area contributed by atoms with Crippen molar-refractivity contribution < 1.29 is 9.50 Å². The van der Waals surface area contributed by atoms with Crippen molar-refractivity contribution in [1.82, 2.24) is 4.98 Å². The lowest BCUT2D eigenvalue weighted by atomic mass is 10.1. The Hall–Kier alpha value is -0.680. The number of benzene rings is 1. The SMILES string of the molecule is OC(c1cccc(Br)c1F)c1ncc(Cl)cc1Cl. The molecule has 1 N–H and O–H groups in total. The van der Waals surface area contributed by atoms with Crippen molar-refractivity contribution >= 4 is 39.1 Å². The van der Waals surface area contributed by atoms with Crippen molar-refractivity contribution in [3.63, 3.8) is 0 Å². The maximum atomic E-state index is 13.8. The van der Waals surface area contributed by atoms with E-state index in [0.717, 1.165) is 0 Å². The molecule has 2 nitrogen and oxygen atoms in total. The summed E-state index contributed by atoms with van der Waals surface area (Å²) in [6, 6.07) is 6.08. The molecule has 0 aliphatic carbocycles. The fourth-order valence-corrected chi connectivity index (χ4v) is 2.37. The summed E-state index contributed by atoms with van der Waals surface area (Å²) >= 11 is 14.7. The van der Waals surface area contributed by atoms with Crippen LogP contribution in [0.2, 0.25) is 10.0 Å². The van der Waals surface area contributed by atoms with Crippen LogP contribution < -0.4 is 0 Å². The number of hydrogen-bond acceptors (Lipinski definition) is 2. The smallest absolute Gasteiger partial charge is 0.143 e. The zero-order valence-electron chi connectivity index (χ0n) is 8.87. The number of hydrogen-bond donors (Lipinski definition) is 1. The first kappa shape index (κ1) is 13.7. The molecule has 6 heteroatoms. The van der Waals surface area contributed by atoms with E-state index in [2.05, 4.69) is 20.9 Å². The Labute approximate surface area is 122 Å². The van der Waals surface area contributed by atoms with E-state index in [-0.39, 0.29) is 20.8 Å². The van der Waals surface area contributed by atoms with Crippen LogP contribution in [0.1, 0.15) is 17.4 Å². The molecule has 1 unspecified atom stereocenters. The second-order valence-corrected chi connectivity index (χ2v) is 5.26. The lowest BCUT2D eigenvalue weighted by molar-refractivity contribution is 0.210. The zero-order chi connectivity index (χ0) is 13.3. The van der Waals surface area contributed by atoms with E-state index in [1.807, 2.05) is 0 Å². The monoisotopic (exact) mass is 349 g/mol. The molecule has 0 fully saturated rings. The predicted octanol–water partition coefficient (Wildman–Crippen LogP) is 4.37. The van der Waals surface area contributed by atoms with Gasteiger partial charge in [-0.1, -0.05) is 35.3 Å². The van der Waals surface area contributed by atoms with Crippen LogP contribution in [0.15, 0.2) is 34.9 Å². The highest BCUT2D eigenvalue weighted by atomic mass is 79.9. The largest absolute Gasteiger partial charge is 0.382 e. The maximum absolute atomic E-state index is 13.8. The Kier molecular flexibility index (Phi) is 4.22. The summed E-state index contributed by atoms with van der Waals surface area (Å²) in [5.74, 6) is -0.544. The Morgan fingerprint density at radius 3 is 2.72 bits per heavy atom. The van der Waals surface area contributed by atoms with Gasteiger partial charge in [-0.2, -0.15) is 0 Å². The molecule has 0 radical (unpaired) electrons. The first-order valence-corrected chi connectivity index (χ1v) is 6.48. The van der Waals surface area contributed by atoms with Crippen LogP contribution in [0.3, 0.4) is 0 Å². The minimum Gasteiger partial charge on any atom is -0.382 e. The molecule has 0 aliphatic rings. The van der Waals surface area contributed by atoms with Crippen LogP contribution in [0.5, 0.6) is 0 Å². The highest BCUT2D eigenvalue weighted by Gasteiger charge is 2.20. The molecule has 0 aliphatic heterocycles. The van der Waals surface area contributed by atoms with Crippen molar-refractivity contribution in [2.75, 3.05) is 0 Å². The van der Waals surface area contributed by atoms with Crippen LogP contribution in [-0.2, 0) is 0 Å². The number of nitrogens with zero attached hydrogens (tertiary/aromatic N) is 1. The molecule has 1 atom stereocenters. The summed E-state index contributed by atoms with van der Waals surface area (Å²) in [7, 11) is 0. The number of aliphatic hydroxyl groups is 1. The van der Waals surface area contributed by atoms with Gasteiger partial charge >= 0.3 is 0 Å². The number of halogens is 4. The number of aromatic nitrogens is 1. The summed E-state index contributed by atoms with van der Waals surface area (Å²) in [5.41, 5.74) is 0.263. The van der Waals surface area contributed by atoms with Crippen LogP contribution in [0.4, 0.5) is 4.39 Å². The van der Waals surface area contributed by atoms with Crippen molar-refractivity contribution in [1.29, 1.82) is 0 Å². The molecule has 1 aromatic heterocycles. The fraction of sp³-hybridized carbons (Fsp3) is 0.0833. The van der Waals surface area contributed by atoms with Gasteiger partial charge in [0.25, 0.3) is 0 Å². The molecule has 0 saturated heterocycles. The summed E-state index contributed by atoms with van der Waals surface area (Å²) in [6.07, 6.45) is 0.106. The molecule has 0 spiro atoms. The Balaban J connectivity index is 2.48. The van der Waals surface area contributed by atoms with E-state index in [4.69, 9.17) is 23.2 Å². The first-order valence-electron chi connectivity index (χ1n) is 4.93. The van der Waals surface area contributed by atoms with E-state index in [9.17, 15) is 9.50 Å². The quantitative estimate of drug-likeness (QED) is 0.872. The molecule has 2 aromatic rings. The molecule has 0 amide bonds. The van der Waals surface area contributed by atoms with Crippen LogP contribution in [-0.4, -0.2) is 10.1 Å². The topological polar surface area (TPSA) is 33.1 Å². The average molecular weight is 351 g/mol. The molecule has 2 rings (SSSR count). The van der Waals surface area contributed by atoms with Gasteiger partial charge < -0.3 is 5.11 Å². The Morgan fingerprint density at radius 1 is 1.33 bits per heavy atom. The second kappa shape index (κ2) is 5.53. The van der Waals surface area contributed by atoms with Crippen molar-refractivity contribution in [3.05, 3.63) is 62.1 Å². The fourth-order valence-electron chi connectivity index (χ4n) is 1.51. The molecular formula is C12H7BrCl2FNO. The summed E-state index contributed by atoms with van der Waals surface area (Å²) in [6.45, 7) is 0. The van der Waals surface area contributed by atoms with Gasteiger partial charge in [0.2, 0.25) is 0 Å². The third kappa shape index (κ3) is 2.67. The van der Waals surface area contributed by atoms with Gasteiger partial charge in [-0.05, 0) is 28.1 Å². The standard InChI is InChI=1S/C12H7BrCl2FNO/c13-8-3-1-2-7(10(8)16)12(18)11-9(15)4-6(14)5-17-11/h1-5,12,18H. The molecular weight excluding hydrogens is 344 g/mol. The van der Waals surface area contributed by atoms with Gasteiger partial charge in [0.15, 0.2) is 0 Å². The highest BCUT2D eigenvalue weighted by molar-refractivity contribution is 9.10. The van der Waals surface area contributed by atoms with Gasteiger partial charge in [0.1, 0.15) is 11.9 Å². The summed E-state index contributed by atoms with van der Waals surface area (Å²) in [5, 5.41) is 10.7. The van der Waals surface area contributed by atoms with Crippen molar-refractivity contribution in [2.45, 2.75) is 6.10 Å². The van der Waals surface area contributed by atoms with Gasteiger partial charge in [-0.15, -0.1) is 0 Å². The first-order chi connectivity index (χ1) is 8.50. The van der Waals surface area contributed by atoms with E-state index in [1.165, 1.54) is 18.3 Å². The molecule has 94 valence electrons. The number of pyridine rings is 1. The van der Waals surface area contributed by atoms with Crippen molar-refractivity contribution in [2.24, 2.45) is 0 Å². The van der Waals surface area contributed by atoms with Crippen molar-refractivity contribution in [3.8, 4) is 0 Å². The molecule has 0 bridgehead atoms. The highest BCUT2D eigenvalue weighted by Crippen LogP contribution is 2.31. The van der Waals surface area contributed by atoms with Gasteiger partial charge in [-0.25, -0.2) is 4.39 Å². The Morgan fingerprint density at radius 2 is 2.06 bits per heavy atom. The van der Waals surface area contributed by atoms with Crippen LogP contribution in [0, 0.1) is 5.82 Å². The third-order valence-corrected chi connectivity index (χ3v) is 3.49. The van der Waals surface area contributed by atoms with E-state index < -0.39 is 11.9 Å². The van der Waals surface area contributed by atoms with E-state index in [0.29, 0.717) is 5.02 Å². The third-order valence-electron chi connectivity index (χ3n) is 2.37. The minimum atomic E-state index is -1.24. The Bertz CT molecular complexity index is 594. The van der Waals surface area contributed by atoms with Crippen LogP contribution in [0.25, 0.3) is 0 Å². The predicted molar refractivity (Wildman–Crippen MR) is 72.4 cm³/mol. The molecule has 18 heavy (non-hydrogen) atoms. The van der Waals surface area contributed by atoms with E-state index in [1.54, 1.807) is 12.1 Å². The normalized spacial score (nSPS) is 12.5. The lowest BCUT2D eigenvalue weighted by Crippen LogP contribution is -2.06. The van der Waals surface area contributed by atoms with Gasteiger partial charge in [-0.3, -0.25) is 4.98 Å². The molecule has 1 heterocycles. The zero-order valence-corrected chi connectivity index (χ0v) is 12.0.